The molecule has 0 aliphatic heterocycles. The van der Waals surface area contributed by atoms with Crippen LogP contribution in [0.2, 0.25) is 0 Å². The molecule has 0 spiro atoms. The molecule has 2 atom stereocenters. The van der Waals surface area contributed by atoms with E-state index in [9.17, 15) is 23.6 Å². The monoisotopic (exact) mass is 357 g/mol. The first-order valence-corrected chi connectivity index (χ1v) is 9.57. The van der Waals surface area contributed by atoms with Crippen molar-refractivity contribution < 1.29 is 18.4 Å². The summed E-state index contributed by atoms with van der Waals surface area (Å²) in [5.41, 5.74) is -0.0594. The van der Waals surface area contributed by atoms with E-state index in [0.717, 1.165) is 44.6 Å². The number of sulfonamides is 1. The van der Waals surface area contributed by atoms with Crippen molar-refractivity contribution in [3.63, 3.8) is 0 Å². The third-order valence-electron chi connectivity index (χ3n) is 4.43. The van der Waals surface area contributed by atoms with Crippen LogP contribution in [0.4, 0.5) is 11.4 Å². The average molecular weight is 357 g/mol. The highest BCUT2D eigenvalue weighted by molar-refractivity contribution is 7.89. The van der Waals surface area contributed by atoms with Gasteiger partial charge in [0.25, 0.3) is 5.69 Å². The molecule has 1 saturated carbocycles. The fraction of sp³-hybridized carbons (Fsp3) is 0.600. The first-order chi connectivity index (χ1) is 11.3. The van der Waals surface area contributed by atoms with E-state index in [1.165, 1.54) is 12.1 Å². The van der Waals surface area contributed by atoms with Crippen LogP contribution in [-0.4, -0.2) is 31.1 Å². The second kappa shape index (κ2) is 7.91. The maximum atomic E-state index is 11.3. The van der Waals surface area contributed by atoms with E-state index in [4.69, 9.17) is 5.14 Å². The Morgan fingerprint density at radius 3 is 2.67 bits per heavy atom. The molecule has 0 amide bonds. The van der Waals surface area contributed by atoms with Crippen molar-refractivity contribution in [3.05, 3.63) is 28.3 Å². The molecule has 0 radical (unpaired) electrons. The first-order valence-electron chi connectivity index (χ1n) is 8.02. The largest absolute Gasteiger partial charge is 0.393 e. The Kier molecular flexibility index (Phi) is 6.14. The van der Waals surface area contributed by atoms with Gasteiger partial charge in [-0.15, -0.1) is 0 Å². The number of hydrogen-bond donors (Lipinski definition) is 3. The molecule has 0 bridgehead atoms. The molecule has 0 saturated heterocycles. The van der Waals surface area contributed by atoms with E-state index in [1.807, 2.05) is 0 Å². The number of nitro benzene ring substituents is 1. The second-order valence-corrected chi connectivity index (χ2v) is 7.72. The van der Waals surface area contributed by atoms with E-state index < -0.39 is 14.9 Å². The van der Waals surface area contributed by atoms with Crippen molar-refractivity contribution in [2.45, 2.75) is 49.5 Å². The SMILES string of the molecule is NS(=O)(=O)c1ccc(NCCCC2CCCCC2O)c([N+](=O)[O-])c1. The van der Waals surface area contributed by atoms with Gasteiger partial charge >= 0.3 is 0 Å². The Bertz CT molecular complexity index is 692. The number of hydrogen-bond acceptors (Lipinski definition) is 6. The standard InChI is InChI=1S/C15H23N3O5S/c16-24(22,23)12-7-8-13(14(10-12)18(20)21)17-9-3-5-11-4-1-2-6-15(11)19/h7-8,10-11,15,17,19H,1-6,9H2,(H2,16,22,23). The molecule has 1 aromatic carbocycles. The minimum Gasteiger partial charge on any atom is -0.393 e. The second-order valence-electron chi connectivity index (χ2n) is 6.16. The van der Waals surface area contributed by atoms with Crippen LogP contribution in [0.25, 0.3) is 0 Å². The van der Waals surface area contributed by atoms with Gasteiger partial charge in [-0.1, -0.05) is 12.8 Å². The van der Waals surface area contributed by atoms with Gasteiger partial charge in [0.05, 0.1) is 15.9 Å². The Morgan fingerprint density at radius 2 is 2.04 bits per heavy atom. The van der Waals surface area contributed by atoms with Crippen molar-refractivity contribution in [3.8, 4) is 0 Å². The van der Waals surface area contributed by atoms with Crippen molar-refractivity contribution in [2.24, 2.45) is 11.1 Å². The summed E-state index contributed by atoms with van der Waals surface area (Å²) in [4.78, 5) is 10.2. The van der Waals surface area contributed by atoms with E-state index >= 15 is 0 Å². The maximum Gasteiger partial charge on any atom is 0.293 e. The molecule has 2 rings (SSSR count). The Balaban J connectivity index is 1.95. The van der Waals surface area contributed by atoms with Crippen molar-refractivity contribution in [2.75, 3.05) is 11.9 Å². The molecule has 2 unspecified atom stereocenters. The molecule has 1 aliphatic carbocycles. The third-order valence-corrected chi connectivity index (χ3v) is 5.34. The summed E-state index contributed by atoms with van der Waals surface area (Å²) >= 11 is 0. The summed E-state index contributed by atoms with van der Waals surface area (Å²) < 4.78 is 22.6. The number of primary sulfonamides is 1. The number of nitrogens with zero attached hydrogens (tertiary/aromatic N) is 1. The fourth-order valence-corrected chi connectivity index (χ4v) is 3.63. The number of benzene rings is 1. The van der Waals surface area contributed by atoms with Gasteiger partial charge in [0.15, 0.2) is 0 Å². The number of nitro groups is 1. The number of aliphatic hydroxyl groups excluding tert-OH is 1. The Labute approximate surface area is 141 Å². The summed E-state index contributed by atoms with van der Waals surface area (Å²) in [7, 11) is -3.98. The maximum absolute atomic E-state index is 11.3. The summed E-state index contributed by atoms with van der Waals surface area (Å²) in [5, 5.41) is 29.0. The Morgan fingerprint density at radius 1 is 1.33 bits per heavy atom. The molecule has 4 N–H and O–H groups in total. The van der Waals surface area contributed by atoms with E-state index in [-0.39, 0.29) is 22.4 Å². The number of rotatable bonds is 7. The quantitative estimate of drug-likeness (QED) is 0.388. The number of nitrogens with two attached hydrogens (primary N) is 1. The molecular formula is C15H23N3O5S. The zero-order valence-corrected chi connectivity index (χ0v) is 14.2. The van der Waals surface area contributed by atoms with Gasteiger partial charge in [-0.25, -0.2) is 13.6 Å². The van der Waals surface area contributed by atoms with Gasteiger partial charge in [0, 0.05) is 12.6 Å². The summed E-state index contributed by atoms with van der Waals surface area (Å²) in [5.74, 6) is 0.292. The lowest BCUT2D eigenvalue weighted by molar-refractivity contribution is -0.384. The molecule has 1 aliphatic rings. The molecule has 0 heterocycles. The van der Waals surface area contributed by atoms with Gasteiger partial charge in [-0.3, -0.25) is 10.1 Å². The highest BCUT2D eigenvalue weighted by atomic mass is 32.2. The first kappa shape index (κ1) is 18.6. The number of aliphatic hydroxyl groups is 1. The third kappa shape index (κ3) is 4.89. The van der Waals surface area contributed by atoms with Crippen LogP contribution in [0, 0.1) is 16.0 Å². The van der Waals surface area contributed by atoms with Gasteiger partial charge in [0.1, 0.15) is 5.69 Å². The van der Waals surface area contributed by atoms with Crippen LogP contribution in [0.3, 0.4) is 0 Å². The van der Waals surface area contributed by atoms with Crippen LogP contribution >= 0.6 is 0 Å². The topological polar surface area (TPSA) is 136 Å². The smallest absolute Gasteiger partial charge is 0.293 e. The molecule has 0 aromatic heterocycles. The summed E-state index contributed by atoms with van der Waals surface area (Å²) in [6.07, 6.45) is 5.45. The van der Waals surface area contributed by atoms with Crippen molar-refractivity contribution in [1.82, 2.24) is 0 Å². The van der Waals surface area contributed by atoms with Crippen LogP contribution in [0.5, 0.6) is 0 Å². The van der Waals surface area contributed by atoms with Gasteiger partial charge < -0.3 is 10.4 Å². The predicted molar refractivity (Wildman–Crippen MR) is 90.2 cm³/mol. The summed E-state index contributed by atoms with van der Waals surface area (Å²) in [6, 6.07) is 3.56. The van der Waals surface area contributed by atoms with E-state index in [1.54, 1.807) is 0 Å². The zero-order valence-electron chi connectivity index (χ0n) is 13.3. The Hall–Kier alpha value is -1.71. The van der Waals surface area contributed by atoms with Crippen LogP contribution in [0.15, 0.2) is 23.1 Å². The van der Waals surface area contributed by atoms with Crippen LogP contribution in [-0.2, 0) is 10.0 Å². The van der Waals surface area contributed by atoms with E-state index in [0.29, 0.717) is 12.5 Å². The fourth-order valence-electron chi connectivity index (χ4n) is 3.10. The molecule has 24 heavy (non-hydrogen) atoms. The molecule has 1 fully saturated rings. The molecular weight excluding hydrogens is 334 g/mol. The van der Waals surface area contributed by atoms with Gasteiger partial charge in [-0.05, 0) is 43.7 Å². The number of nitrogens with one attached hydrogen (secondary N) is 1. The minimum atomic E-state index is -3.98. The lowest BCUT2D eigenvalue weighted by Gasteiger charge is -2.27. The average Bonchev–Trinajstić information content (AvgIpc) is 2.52. The lowest BCUT2D eigenvalue weighted by atomic mass is 9.83. The van der Waals surface area contributed by atoms with Crippen LogP contribution < -0.4 is 10.5 Å². The zero-order chi connectivity index (χ0) is 17.7. The van der Waals surface area contributed by atoms with Crippen molar-refractivity contribution >= 4 is 21.4 Å². The molecule has 8 nitrogen and oxygen atoms in total. The highest BCUT2D eigenvalue weighted by Crippen LogP contribution is 2.29. The highest BCUT2D eigenvalue weighted by Gasteiger charge is 2.22. The molecule has 134 valence electrons. The van der Waals surface area contributed by atoms with Gasteiger partial charge in [0.2, 0.25) is 10.0 Å². The lowest BCUT2D eigenvalue weighted by Crippen LogP contribution is -2.24. The predicted octanol–water partition coefficient (Wildman–Crippen LogP) is 1.99. The van der Waals surface area contributed by atoms with E-state index in [2.05, 4.69) is 5.32 Å². The normalized spacial score (nSPS) is 21.4. The summed E-state index contributed by atoms with van der Waals surface area (Å²) in [6.45, 7) is 0.513. The van der Waals surface area contributed by atoms with Crippen LogP contribution in [0.1, 0.15) is 38.5 Å². The number of anilines is 1. The molecule has 9 heteroatoms. The minimum absolute atomic E-state index is 0.248. The molecule has 1 aromatic rings. The van der Waals surface area contributed by atoms with Crippen molar-refractivity contribution in [1.29, 1.82) is 0 Å². The van der Waals surface area contributed by atoms with Gasteiger partial charge in [-0.2, -0.15) is 0 Å².